The summed E-state index contributed by atoms with van der Waals surface area (Å²) in [6, 6.07) is 9.37. The van der Waals surface area contributed by atoms with Crippen molar-refractivity contribution in [3.8, 4) is 0 Å². The minimum absolute atomic E-state index is 0.292. The maximum atomic E-state index is 12.1. The van der Waals surface area contributed by atoms with E-state index in [0.717, 1.165) is 15.8 Å². The van der Waals surface area contributed by atoms with Crippen molar-refractivity contribution in [1.29, 1.82) is 0 Å². The number of carbonyl (C=O) groups is 1. The first-order valence-electron chi connectivity index (χ1n) is 7.08. The number of halogens is 1. The molecule has 0 aliphatic carbocycles. The van der Waals surface area contributed by atoms with E-state index in [2.05, 4.69) is 15.3 Å². The van der Waals surface area contributed by atoms with Crippen molar-refractivity contribution in [2.24, 2.45) is 0 Å². The van der Waals surface area contributed by atoms with Crippen LogP contribution in [0.1, 0.15) is 23.0 Å². The van der Waals surface area contributed by atoms with Crippen molar-refractivity contribution in [1.82, 2.24) is 9.97 Å². The number of hydrogen-bond acceptors (Lipinski definition) is 6. The second-order valence-electron chi connectivity index (χ2n) is 4.73. The van der Waals surface area contributed by atoms with Gasteiger partial charge in [-0.25, -0.2) is 14.8 Å². The Labute approximate surface area is 142 Å². The van der Waals surface area contributed by atoms with E-state index in [1.165, 1.54) is 11.3 Å². The Hall–Kier alpha value is -2.18. The summed E-state index contributed by atoms with van der Waals surface area (Å²) in [6.45, 7) is 2.59. The number of anilines is 1. The van der Waals surface area contributed by atoms with Gasteiger partial charge in [-0.3, -0.25) is 0 Å². The number of nitrogens with one attached hydrogen (secondary N) is 1. The van der Waals surface area contributed by atoms with Gasteiger partial charge in [0.05, 0.1) is 16.8 Å². The first kappa shape index (κ1) is 15.7. The topological polar surface area (TPSA) is 64.1 Å². The van der Waals surface area contributed by atoms with Crippen LogP contribution in [0.25, 0.3) is 10.2 Å². The van der Waals surface area contributed by atoms with Crippen molar-refractivity contribution in [3.63, 3.8) is 0 Å². The molecule has 3 rings (SSSR count). The SMILES string of the molecule is CCOC(=O)c1nc(NCc2cccc(Cl)c2)nc2ccsc12. The van der Waals surface area contributed by atoms with Crippen LogP contribution in [-0.2, 0) is 11.3 Å². The molecule has 0 bridgehead atoms. The summed E-state index contributed by atoms with van der Waals surface area (Å²) in [5, 5.41) is 5.67. The molecule has 0 aliphatic heterocycles. The van der Waals surface area contributed by atoms with Gasteiger partial charge in [0.15, 0.2) is 5.69 Å². The fourth-order valence-corrected chi connectivity index (χ4v) is 3.13. The van der Waals surface area contributed by atoms with Crippen LogP contribution in [0, 0.1) is 0 Å². The number of hydrogen-bond donors (Lipinski definition) is 1. The highest BCUT2D eigenvalue weighted by Crippen LogP contribution is 2.24. The Morgan fingerprint density at radius 2 is 2.22 bits per heavy atom. The summed E-state index contributed by atoms with van der Waals surface area (Å²) in [5.74, 6) is -0.0490. The number of carbonyl (C=O) groups excluding carboxylic acids is 1. The minimum atomic E-state index is -0.437. The molecular weight excluding hydrogens is 334 g/mol. The molecule has 0 fully saturated rings. The molecule has 0 saturated heterocycles. The van der Waals surface area contributed by atoms with Gasteiger partial charge in [0, 0.05) is 11.6 Å². The average Bonchev–Trinajstić information content (AvgIpc) is 3.01. The maximum Gasteiger partial charge on any atom is 0.358 e. The number of nitrogens with zero attached hydrogens (tertiary/aromatic N) is 2. The van der Waals surface area contributed by atoms with Crippen LogP contribution in [0.2, 0.25) is 5.02 Å². The molecule has 2 heterocycles. The second-order valence-corrected chi connectivity index (χ2v) is 6.09. The largest absolute Gasteiger partial charge is 0.461 e. The van der Waals surface area contributed by atoms with E-state index < -0.39 is 5.97 Å². The van der Waals surface area contributed by atoms with Gasteiger partial charge in [-0.2, -0.15) is 0 Å². The molecule has 0 radical (unpaired) electrons. The first-order valence-corrected chi connectivity index (χ1v) is 8.34. The number of fused-ring (bicyclic) bond motifs is 1. The van der Waals surface area contributed by atoms with Crippen LogP contribution in [0.3, 0.4) is 0 Å². The Balaban J connectivity index is 1.87. The van der Waals surface area contributed by atoms with E-state index in [9.17, 15) is 4.79 Å². The van der Waals surface area contributed by atoms with E-state index in [1.54, 1.807) is 6.92 Å². The lowest BCUT2D eigenvalue weighted by atomic mass is 10.2. The molecule has 5 nitrogen and oxygen atoms in total. The minimum Gasteiger partial charge on any atom is -0.461 e. The van der Waals surface area contributed by atoms with Gasteiger partial charge in [-0.15, -0.1) is 11.3 Å². The Kier molecular flexibility index (Phi) is 4.73. The van der Waals surface area contributed by atoms with Crippen LogP contribution < -0.4 is 5.32 Å². The molecule has 0 unspecified atom stereocenters. The molecule has 0 amide bonds. The molecule has 1 aromatic carbocycles. The van der Waals surface area contributed by atoms with Gasteiger partial charge in [0.2, 0.25) is 5.95 Å². The van der Waals surface area contributed by atoms with Crippen LogP contribution in [0.15, 0.2) is 35.7 Å². The summed E-state index contributed by atoms with van der Waals surface area (Å²) in [5.41, 5.74) is 2.02. The molecule has 0 aliphatic rings. The zero-order valence-electron chi connectivity index (χ0n) is 12.4. The summed E-state index contributed by atoms with van der Waals surface area (Å²) >= 11 is 7.39. The van der Waals surface area contributed by atoms with E-state index in [-0.39, 0.29) is 0 Å². The number of esters is 1. The molecule has 7 heteroatoms. The molecule has 0 atom stereocenters. The lowest BCUT2D eigenvalue weighted by Gasteiger charge is -2.08. The zero-order chi connectivity index (χ0) is 16.2. The smallest absolute Gasteiger partial charge is 0.358 e. The fraction of sp³-hybridized carbons (Fsp3) is 0.188. The molecule has 23 heavy (non-hydrogen) atoms. The number of thiophene rings is 1. The Morgan fingerprint density at radius 1 is 1.35 bits per heavy atom. The lowest BCUT2D eigenvalue weighted by Crippen LogP contribution is -2.11. The summed E-state index contributed by atoms with van der Waals surface area (Å²) in [7, 11) is 0. The van der Waals surface area contributed by atoms with Gasteiger partial charge in [-0.05, 0) is 36.1 Å². The Morgan fingerprint density at radius 3 is 3.00 bits per heavy atom. The number of ether oxygens (including phenoxy) is 1. The molecule has 3 aromatic rings. The predicted octanol–water partition coefficient (Wildman–Crippen LogP) is 4.13. The molecule has 0 saturated carbocycles. The Bertz CT molecular complexity index is 850. The fourth-order valence-electron chi connectivity index (χ4n) is 2.11. The number of aromatic nitrogens is 2. The van der Waals surface area contributed by atoms with Crippen molar-refractivity contribution in [3.05, 3.63) is 52.0 Å². The van der Waals surface area contributed by atoms with E-state index in [1.807, 2.05) is 35.7 Å². The van der Waals surface area contributed by atoms with Gasteiger partial charge in [-0.1, -0.05) is 23.7 Å². The third-order valence-corrected chi connectivity index (χ3v) is 4.26. The lowest BCUT2D eigenvalue weighted by molar-refractivity contribution is 0.0522. The molecule has 0 spiro atoms. The van der Waals surface area contributed by atoms with Crippen LogP contribution in [0.5, 0.6) is 0 Å². The first-order chi connectivity index (χ1) is 11.2. The average molecular weight is 348 g/mol. The summed E-state index contributed by atoms with van der Waals surface area (Å²) in [6.07, 6.45) is 0. The van der Waals surface area contributed by atoms with Crippen LogP contribution in [0.4, 0.5) is 5.95 Å². The van der Waals surface area contributed by atoms with Crippen molar-refractivity contribution < 1.29 is 9.53 Å². The molecule has 1 N–H and O–H groups in total. The normalized spacial score (nSPS) is 10.7. The van der Waals surface area contributed by atoms with Crippen molar-refractivity contribution in [2.75, 3.05) is 11.9 Å². The highest BCUT2D eigenvalue weighted by molar-refractivity contribution is 7.17. The quantitative estimate of drug-likeness (QED) is 0.703. The number of rotatable bonds is 5. The van der Waals surface area contributed by atoms with Gasteiger partial charge in [0.25, 0.3) is 0 Å². The van der Waals surface area contributed by atoms with Crippen molar-refractivity contribution >= 4 is 45.1 Å². The maximum absolute atomic E-state index is 12.1. The van der Waals surface area contributed by atoms with Gasteiger partial charge in [0.1, 0.15) is 0 Å². The zero-order valence-corrected chi connectivity index (χ0v) is 13.9. The predicted molar refractivity (Wildman–Crippen MR) is 92.2 cm³/mol. The second kappa shape index (κ2) is 6.93. The highest BCUT2D eigenvalue weighted by Gasteiger charge is 2.17. The third-order valence-electron chi connectivity index (χ3n) is 3.11. The monoisotopic (exact) mass is 347 g/mol. The highest BCUT2D eigenvalue weighted by atomic mass is 35.5. The summed E-state index contributed by atoms with van der Waals surface area (Å²) in [4.78, 5) is 20.8. The standard InChI is InChI=1S/C16H14ClN3O2S/c1-2-22-15(21)13-14-12(6-7-23-14)19-16(20-13)18-9-10-4-3-5-11(17)8-10/h3-8H,2,9H2,1H3,(H,18,19,20). The van der Waals surface area contributed by atoms with Gasteiger partial charge < -0.3 is 10.1 Å². The van der Waals surface area contributed by atoms with E-state index in [0.29, 0.717) is 29.8 Å². The van der Waals surface area contributed by atoms with Crippen LogP contribution in [-0.4, -0.2) is 22.5 Å². The van der Waals surface area contributed by atoms with E-state index >= 15 is 0 Å². The molecule has 118 valence electrons. The number of benzene rings is 1. The summed E-state index contributed by atoms with van der Waals surface area (Å²) < 4.78 is 5.80. The molecular formula is C16H14ClN3O2S. The third kappa shape index (κ3) is 3.60. The molecule has 2 aromatic heterocycles. The van der Waals surface area contributed by atoms with Crippen LogP contribution >= 0.6 is 22.9 Å². The van der Waals surface area contributed by atoms with E-state index in [4.69, 9.17) is 16.3 Å². The van der Waals surface area contributed by atoms with Gasteiger partial charge >= 0.3 is 5.97 Å². The van der Waals surface area contributed by atoms with Crippen molar-refractivity contribution in [2.45, 2.75) is 13.5 Å².